The first-order valence-electron chi connectivity index (χ1n) is 23.1. The van der Waals surface area contributed by atoms with Crippen LogP contribution >= 0.6 is 0 Å². The van der Waals surface area contributed by atoms with E-state index in [1.807, 2.05) is 42.6 Å². The van der Waals surface area contributed by atoms with Gasteiger partial charge in [0.2, 0.25) is 11.4 Å². The fraction of sp³-hybridized carbons (Fsp3) is 0.197. The largest absolute Gasteiger partial charge is 0.503 e. The van der Waals surface area contributed by atoms with Crippen molar-refractivity contribution in [3.63, 3.8) is 0 Å². The SMILES string of the molecule is CC(C)(C)c1cc([N+]2=C=[N+](c3cccc(Oc4ccc5c6cc(C#N)ccc6n(-c6cc(C(C)(C)C)ccn6)c5c4)c3)c3cccc(-c4cccc(-c5ccccc5)c4)c32)cc(C(C)(C)C)c1. The molecular formula is C61H55N5O+2. The number of hydrogen-bond donors (Lipinski definition) is 0. The first-order valence-corrected chi connectivity index (χ1v) is 23.1. The van der Waals surface area contributed by atoms with Crippen LogP contribution in [-0.4, -0.2) is 15.6 Å². The Kier molecular flexibility index (Phi) is 10.4. The summed E-state index contributed by atoms with van der Waals surface area (Å²) in [7, 11) is 0. The summed E-state index contributed by atoms with van der Waals surface area (Å²) < 4.78 is 13.4. The number of aromatic nitrogens is 2. The normalized spacial score (nSPS) is 12.8. The van der Waals surface area contributed by atoms with Gasteiger partial charge in [-0.15, -0.1) is 0 Å². The van der Waals surface area contributed by atoms with Crippen molar-refractivity contribution >= 4 is 50.6 Å². The van der Waals surface area contributed by atoms with Crippen LogP contribution in [0.4, 0.5) is 22.7 Å². The number of para-hydroxylation sites is 1. The molecule has 0 atom stereocenters. The van der Waals surface area contributed by atoms with Gasteiger partial charge in [0.15, 0.2) is 0 Å². The Balaban J connectivity index is 1.12. The molecule has 7 aromatic carbocycles. The molecule has 0 radical (unpaired) electrons. The molecule has 328 valence electrons. The van der Waals surface area contributed by atoms with E-state index in [2.05, 4.69) is 216 Å². The van der Waals surface area contributed by atoms with Crippen molar-refractivity contribution in [1.82, 2.24) is 18.7 Å². The van der Waals surface area contributed by atoms with Crippen molar-refractivity contribution in [2.75, 3.05) is 0 Å². The summed E-state index contributed by atoms with van der Waals surface area (Å²) in [5.41, 5.74) is 14.7. The average molecular weight is 874 g/mol. The predicted molar refractivity (Wildman–Crippen MR) is 278 cm³/mol. The van der Waals surface area contributed by atoms with E-state index in [9.17, 15) is 5.26 Å². The summed E-state index contributed by atoms with van der Waals surface area (Å²) in [6, 6.07) is 63.7. The molecule has 3 heterocycles. The molecular weight excluding hydrogens is 819 g/mol. The molecule has 0 saturated heterocycles. The molecule has 67 heavy (non-hydrogen) atoms. The summed E-state index contributed by atoms with van der Waals surface area (Å²) in [4.78, 5) is 4.87. The number of ether oxygens (including phenoxy) is 1. The lowest BCUT2D eigenvalue weighted by Gasteiger charge is -2.24. The van der Waals surface area contributed by atoms with E-state index in [1.165, 1.54) is 27.8 Å². The fourth-order valence-corrected chi connectivity index (χ4v) is 9.08. The van der Waals surface area contributed by atoms with Gasteiger partial charge in [0, 0.05) is 47.3 Å². The monoisotopic (exact) mass is 873 g/mol. The van der Waals surface area contributed by atoms with E-state index in [1.54, 1.807) is 0 Å². The van der Waals surface area contributed by atoms with Gasteiger partial charge in [-0.2, -0.15) is 5.26 Å². The smallest absolute Gasteiger partial charge is 0.457 e. The second-order valence-electron chi connectivity index (χ2n) is 20.8. The van der Waals surface area contributed by atoms with Gasteiger partial charge in [-0.25, -0.2) is 4.98 Å². The van der Waals surface area contributed by atoms with Crippen molar-refractivity contribution < 1.29 is 4.74 Å². The zero-order valence-corrected chi connectivity index (χ0v) is 39.8. The van der Waals surface area contributed by atoms with Crippen LogP contribution in [0.25, 0.3) is 49.9 Å². The molecule has 0 fully saturated rings. The van der Waals surface area contributed by atoms with Crippen LogP contribution in [0.5, 0.6) is 11.5 Å². The Morgan fingerprint density at radius 3 is 1.94 bits per heavy atom. The molecule has 6 heteroatoms. The van der Waals surface area contributed by atoms with E-state index in [-0.39, 0.29) is 16.2 Å². The Labute approximate surface area is 394 Å². The van der Waals surface area contributed by atoms with E-state index in [0.717, 1.165) is 61.5 Å². The zero-order chi connectivity index (χ0) is 46.8. The van der Waals surface area contributed by atoms with Crippen molar-refractivity contribution in [2.45, 2.75) is 78.6 Å². The second kappa shape index (κ2) is 16.2. The average Bonchev–Trinajstić information content (AvgIpc) is 3.87. The van der Waals surface area contributed by atoms with Crippen LogP contribution < -0.4 is 13.9 Å². The number of hydrogen-bond acceptors (Lipinski definition) is 3. The highest BCUT2D eigenvalue weighted by molar-refractivity contribution is 6.10. The molecule has 0 N–H and O–H groups in total. The number of fused-ring (bicyclic) bond motifs is 4. The van der Waals surface area contributed by atoms with Crippen molar-refractivity contribution in [1.29, 1.82) is 5.26 Å². The Morgan fingerprint density at radius 1 is 0.522 bits per heavy atom. The Bertz CT molecular complexity index is 3510. The first-order chi connectivity index (χ1) is 32.0. The van der Waals surface area contributed by atoms with E-state index in [4.69, 9.17) is 9.72 Å². The van der Waals surface area contributed by atoms with Gasteiger partial charge >= 0.3 is 11.7 Å². The fourth-order valence-electron chi connectivity index (χ4n) is 9.08. The van der Waals surface area contributed by atoms with E-state index >= 15 is 0 Å². The molecule has 0 saturated carbocycles. The maximum atomic E-state index is 9.85. The topological polar surface area (TPSA) is 56.9 Å². The molecule has 0 amide bonds. The zero-order valence-electron chi connectivity index (χ0n) is 39.8. The van der Waals surface area contributed by atoms with Gasteiger partial charge in [-0.3, -0.25) is 4.57 Å². The molecule has 9 aromatic rings. The second-order valence-corrected chi connectivity index (χ2v) is 20.8. The lowest BCUT2D eigenvalue weighted by atomic mass is 9.80. The summed E-state index contributed by atoms with van der Waals surface area (Å²) in [6.45, 7) is 20.3. The Hall–Kier alpha value is -7.84. The van der Waals surface area contributed by atoms with Crippen molar-refractivity contribution in [3.05, 3.63) is 192 Å². The quantitative estimate of drug-likeness (QED) is 0.150. The van der Waals surface area contributed by atoms with Crippen LogP contribution in [-0.2, 0) is 16.2 Å². The highest BCUT2D eigenvalue weighted by Crippen LogP contribution is 2.46. The number of nitrogens with zero attached hydrogens (tertiary/aromatic N) is 5. The van der Waals surface area contributed by atoms with Crippen LogP contribution in [0.15, 0.2) is 170 Å². The van der Waals surface area contributed by atoms with Gasteiger partial charge < -0.3 is 4.74 Å². The minimum atomic E-state index is -0.0720. The molecule has 0 spiro atoms. The standard InChI is InChI=1S/C61H55N5O/c1-59(2,3)44-28-29-63-57(35-44)66-54-27-24-40(38-62)30-53(54)52-26-25-50(37-56(52)66)67-49-21-14-20-47(36-49)64-39-65(48-33-45(60(4,5)6)32-46(34-48)61(7,8)9)58-51(22-15-23-55(58)64)43-19-13-18-42(31-43)41-16-11-10-12-17-41/h10-37H,1-9H3/q+2. The first kappa shape index (κ1) is 43.1. The highest BCUT2D eigenvalue weighted by atomic mass is 16.5. The van der Waals surface area contributed by atoms with E-state index < -0.39 is 0 Å². The van der Waals surface area contributed by atoms with Crippen molar-refractivity contribution in [3.8, 4) is 45.6 Å². The third kappa shape index (κ3) is 8.14. The van der Waals surface area contributed by atoms with Crippen LogP contribution in [0.1, 0.15) is 84.6 Å². The minimum absolute atomic E-state index is 0.0632. The van der Waals surface area contributed by atoms with Gasteiger partial charge in [0.05, 0.1) is 34.3 Å². The lowest BCUT2D eigenvalue weighted by Crippen LogP contribution is -2.17. The predicted octanol–water partition coefficient (Wildman–Crippen LogP) is 15.9. The van der Waals surface area contributed by atoms with Crippen LogP contribution in [0.3, 0.4) is 0 Å². The summed E-state index contributed by atoms with van der Waals surface area (Å²) in [6.07, 6.45) is 1.88. The summed E-state index contributed by atoms with van der Waals surface area (Å²) in [5, 5.41) is 11.9. The maximum Gasteiger partial charge on any atom is 0.503 e. The molecule has 0 bridgehead atoms. The van der Waals surface area contributed by atoms with Gasteiger partial charge in [-0.1, -0.05) is 129 Å². The Morgan fingerprint density at radius 2 is 1.21 bits per heavy atom. The van der Waals surface area contributed by atoms with Crippen LogP contribution in [0, 0.1) is 11.3 Å². The number of benzene rings is 7. The number of nitriles is 1. The van der Waals surface area contributed by atoms with Gasteiger partial charge in [-0.05, 0) is 119 Å². The third-order valence-corrected chi connectivity index (χ3v) is 12.9. The van der Waals surface area contributed by atoms with E-state index in [0.29, 0.717) is 17.1 Å². The number of rotatable bonds is 7. The van der Waals surface area contributed by atoms with Crippen molar-refractivity contribution in [2.24, 2.45) is 0 Å². The molecule has 0 unspecified atom stereocenters. The summed E-state index contributed by atoms with van der Waals surface area (Å²) in [5.74, 6) is 2.19. The summed E-state index contributed by atoms with van der Waals surface area (Å²) >= 11 is 0. The molecule has 10 rings (SSSR count). The third-order valence-electron chi connectivity index (χ3n) is 12.9. The van der Waals surface area contributed by atoms with Gasteiger partial charge in [0.25, 0.3) is 5.69 Å². The number of pyridine rings is 1. The van der Waals surface area contributed by atoms with Crippen LogP contribution in [0.2, 0.25) is 0 Å². The lowest BCUT2D eigenvalue weighted by molar-refractivity contribution is 0.483. The molecule has 1 aliphatic rings. The molecule has 1 aliphatic heterocycles. The molecule has 6 nitrogen and oxygen atoms in total. The maximum absolute atomic E-state index is 9.85. The van der Waals surface area contributed by atoms with Gasteiger partial charge in [0.1, 0.15) is 17.3 Å². The molecule has 2 aromatic heterocycles. The highest BCUT2D eigenvalue weighted by Gasteiger charge is 2.40. The molecule has 0 aliphatic carbocycles. The minimum Gasteiger partial charge on any atom is -0.457 e.